The van der Waals surface area contributed by atoms with Gasteiger partial charge in [0.1, 0.15) is 22.8 Å². The number of aromatic nitrogens is 2. The van der Waals surface area contributed by atoms with Gasteiger partial charge in [-0.15, -0.1) is 0 Å². The fourth-order valence-electron chi connectivity index (χ4n) is 2.33. The van der Waals surface area contributed by atoms with Crippen LogP contribution >= 0.6 is 0 Å². The van der Waals surface area contributed by atoms with Crippen LogP contribution in [-0.2, 0) is 6.54 Å². The van der Waals surface area contributed by atoms with E-state index in [0.717, 1.165) is 11.2 Å². The largest absolute Gasteiger partial charge is 0.497 e. The van der Waals surface area contributed by atoms with Gasteiger partial charge in [-0.2, -0.15) is 0 Å². The third kappa shape index (κ3) is 3.11. The third-order valence-electron chi connectivity index (χ3n) is 3.52. The lowest BCUT2D eigenvalue weighted by atomic mass is 10.2. The number of carbonyl (C=O) groups excluding carboxylic acids is 1. The van der Waals surface area contributed by atoms with Gasteiger partial charge in [0.05, 0.1) is 14.2 Å². The minimum absolute atomic E-state index is 0.237. The molecule has 0 aliphatic rings. The monoisotopic (exact) mass is 311 g/mol. The van der Waals surface area contributed by atoms with Crippen LogP contribution in [0.15, 0.2) is 48.8 Å². The molecule has 2 aromatic heterocycles. The molecule has 0 saturated heterocycles. The van der Waals surface area contributed by atoms with E-state index in [1.807, 2.05) is 42.6 Å². The molecule has 6 heteroatoms. The number of nitrogens with one attached hydrogen (secondary N) is 1. The summed E-state index contributed by atoms with van der Waals surface area (Å²) in [5.74, 6) is 1.17. The summed E-state index contributed by atoms with van der Waals surface area (Å²) in [6.07, 6.45) is 3.55. The Balaban J connectivity index is 1.76. The minimum atomic E-state index is -0.237. The van der Waals surface area contributed by atoms with Gasteiger partial charge in [0.2, 0.25) is 0 Å². The first kappa shape index (κ1) is 14.9. The van der Waals surface area contributed by atoms with Crippen LogP contribution in [0, 0.1) is 0 Å². The normalized spacial score (nSPS) is 10.5. The molecule has 1 aromatic carbocycles. The average Bonchev–Trinajstić information content (AvgIpc) is 3.03. The summed E-state index contributed by atoms with van der Waals surface area (Å²) in [5.41, 5.74) is 1.94. The van der Waals surface area contributed by atoms with Crippen LogP contribution in [-0.4, -0.2) is 29.5 Å². The van der Waals surface area contributed by atoms with Crippen molar-refractivity contribution in [3.63, 3.8) is 0 Å². The topological polar surface area (TPSA) is 64.9 Å². The quantitative estimate of drug-likeness (QED) is 0.785. The van der Waals surface area contributed by atoms with E-state index in [2.05, 4.69) is 10.3 Å². The number of rotatable bonds is 5. The molecule has 0 saturated carbocycles. The van der Waals surface area contributed by atoms with Crippen molar-refractivity contribution in [2.45, 2.75) is 6.54 Å². The predicted octanol–water partition coefficient (Wildman–Crippen LogP) is 2.28. The number of imidazole rings is 1. The molecule has 0 fully saturated rings. The molecule has 0 aliphatic carbocycles. The summed E-state index contributed by atoms with van der Waals surface area (Å²) >= 11 is 0. The molecule has 2 heterocycles. The van der Waals surface area contributed by atoms with Gasteiger partial charge in [0, 0.05) is 24.5 Å². The zero-order chi connectivity index (χ0) is 16.2. The van der Waals surface area contributed by atoms with Gasteiger partial charge in [-0.1, -0.05) is 6.07 Å². The number of ether oxygens (including phenoxy) is 2. The number of hydrogen-bond acceptors (Lipinski definition) is 4. The van der Waals surface area contributed by atoms with E-state index in [1.54, 1.807) is 24.8 Å². The fraction of sp³-hybridized carbons (Fsp3) is 0.176. The Morgan fingerprint density at radius 3 is 2.83 bits per heavy atom. The van der Waals surface area contributed by atoms with Crippen LogP contribution < -0.4 is 14.8 Å². The molecule has 0 unspecified atom stereocenters. The molecule has 1 N–H and O–H groups in total. The number of carbonyl (C=O) groups is 1. The zero-order valence-corrected chi connectivity index (χ0v) is 12.9. The van der Waals surface area contributed by atoms with Gasteiger partial charge in [-0.05, 0) is 30.3 Å². The summed E-state index contributed by atoms with van der Waals surface area (Å²) < 4.78 is 12.3. The Kier molecular flexibility index (Phi) is 4.14. The predicted molar refractivity (Wildman–Crippen MR) is 85.9 cm³/mol. The first-order chi connectivity index (χ1) is 11.2. The molecule has 0 aliphatic heterocycles. The van der Waals surface area contributed by atoms with Crippen molar-refractivity contribution >= 4 is 11.6 Å². The standard InChI is InChI=1S/C17H17N3O3/c1-22-13-6-7-15(23-2)12(9-13)10-18-17(21)14-11-20-8-4-3-5-16(20)19-14/h3-9,11H,10H2,1-2H3,(H,18,21). The lowest BCUT2D eigenvalue weighted by Crippen LogP contribution is -2.23. The number of hydrogen-bond donors (Lipinski definition) is 1. The maximum atomic E-state index is 12.3. The molecule has 0 atom stereocenters. The number of fused-ring (bicyclic) bond motifs is 1. The highest BCUT2D eigenvalue weighted by Gasteiger charge is 2.12. The molecular weight excluding hydrogens is 294 g/mol. The molecule has 0 bridgehead atoms. The fourth-order valence-corrected chi connectivity index (χ4v) is 2.33. The van der Waals surface area contributed by atoms with Crippen molar-refractivity contribution in [2.75, 3.05) is 14.2 Å². The molecular formula is C17H17N3O3. The third-order valence-corrected chi connectivity index (χ3v) is 3.52. The van der Waals surface area contributed by atoms with Crippen LogP contribution in [0.25, 0.3) is 5.65 Å². The van der Waals surface area contributed by atoms with Crippen LogP contribution in [0.5, 0.6) is 11.5 Å². The molecule has 6 nitrogen and oxygen atoms in total. The van der Waals surface area contributed by atoms with Gasteiger partial charge in [0.25, 0.3) is 5.91 Å². The highest BCUT2D eigenvalue weighted by atomic mass is 16.5. The number of nitrogens with zero attached hydrogens (tertiary/aromatic N) is 2. The second kappa shape index (κ2) is 6.39. The van der Waals surface area contributed by atoms with E-state index in [4.69, 9.17) is 9.47 Å². The van der Waals surface area contributed by atoms with Gasteiger partial charge in [-0.25, -0.2) is 4.98 Å². The van der Waals surface area contributed by atoms with Crippen molar-refractivity contribution in [3.05, 3.63) is 60.0 Å². The van der Waals surface area contributed by atoms with Crippen LogP contribution in [0.3, 0.4) is 0 Å². The Morgan fingerprint density at radius 2 is 2.09 bits per heavy atom. The van der Waals surface area contributed by atoms with Crippen LogP contribution in [0.4, 0.5) is 0 Å². The van der Waals surface area contributed by atoms with E-state index in [1.165, 1.54) is 0 Å². The second-order valence-electron chi connectivity index (χ2n) is 4.95. The second-order valence-corrected chi connectivity index (χ2v) is 4.95. The zero-order valence-electron chi connectivity index (χ0n) is 12.9. The smallest absolute Gasteiger partial charge is 0.271 e. The molecule has 118 valence electrons. The first-order valence-corrected chi connectivity index (χ1v) is 7.14. The summed E-state index contributed by atoms with van der Waals surface area (Å²) in [7, 11) is 3.19. The Hall–Kier alpha value is -3.02. The van der Waals surface area contributed by atoms with Crippen molar-refractivity contribution < 1.29 is 14.3 Å². The Morgan fingerprint density at radius 1 is 1.22 bits per heavy atom. The van der Waals surface area contributed by atoms with Crippen LogP contribution in [0.1, 0.15) is 16.1 Å². The molecule has 0 spiro atoms. The maximum Gasteiger partial charge on any atom is 0.271 e. The van der Waals surface area contributed by atoms with Gasteiger partial charge in [-0.3, -0.25) is 4.79 Å². The number of benzene rings is 1. The highest BCUT2D eigenvalue weighted by molar-refractivity contribution is 5.92. The number of methoxy groups -OCH3 is 2. The molecule has 0 radical (unpaired) electrons. The molecule has 3 rings (SSSR count). The lowest BCUT2D eigenvalue weighted by Gasteiger charge is -2.10. The minimum Gasteiger partial charge on any atom is -0.497 e. The number of amides is 1. The molecule has 3 aromatic rings. The average molecular weight is 311 g/mol. The van der Waals surface area contributed by atoms with Crippen molar-refractivity contribution in [1.82, 2.24) is 14.7 Å². The maximum absolute atomic E-state index is 12.3. The lowest BCUT2D eigenvalue weighted by molar-refractivity contribution is 0.0946. The first-order valence-electron chi connectivity index (χ1n) is 7.14. The molecule has 1 amide bonds. The SMILES string of the molecule is COc1ccc(OC)c(CNC(=O)c2cn3ccccc3n2)c1. The summed E-state index contributed by atoms with van der Waals surface area (Å²) in [5, 5.41) is 2.85. The van der Waals surface area contributed by atoms with Crippen molar-refractivity contribution in [1.29, 1.82) is 0 Å². The van der Waals surface area contributed by atoms with Gasteiger partial charge < -0.3 is 19.2 Å². The Labute approximate surface area is 133 Å². The summed E-state index contributed by atoms with van der Waals surface area (Å²) in [6.45, 7) is 0.326. The van der Waals surface area contributed by atoms with E-state index < -0.39 is 0 Å². The van der Waals surface area contributed by atoms with Crippen LogP contribution in [0.2, 0.25) is 0 Å². The number of pyridine rings is 1. The van der Waals surface area contributed by atoms with E-state index in [9.17, 15) is 4.79 Å². The van der Waals surface area contributed by atoms with E-state index >= 15 is 0 Å². The van der Waals surface area contributed by atoms with Crippen molar-refractivity contribution in [2.24, 2.45) is 0 Å². The highest BCUT2D eigenvalue weighted by Crippen LogP contribution is 2.23. The van der Waals surface area contributed by atoms with E-state index in [-0.39, 0.29) is 5.91 Å². The Bertz CT molecular complexity index is 809. The van der Waals surface area contributed by atoms with E-state index in [0.29, 0.717) is 23.7 Å². The van der Waals surface area contributed by atoms with Gasteiger partial charge in [0.15, 0.2) is 0 Å². The van der Waals surface area contributed by atoms with Gasteiger partial charge >= 0.3 is 0 Å². The summed E-state index contributed by atoms with van der Waals surface area (Å²) in [4.78, 5) is 16.6. The summed E-state index contributed by atoms with van der Waals surface area (Å²) in [6, 6.07) is 11.1. The molecule has 23 heavy (non-hydrogen) atoms. The van der Waals surface area contributed by atoms with Crippen molar-refractivity contribution in [3.8, 4) is 11.5 Å².